The van der Waals surface area contributed by atoms with Gasteiger partial charge in [0.2, 0.25) is 20.0 Å². The Morgan fingerprint density at radius 3 is 1.42 bits per heavy atom. The maximum atomic E-state index is 11.3. The molecule has 0 saturated heterocycles. The molecular weight excluding hydrogens is 388 g/mol. The molecule has 2 aromatic rings. The number of anilines is 2. The normalized spacial score (nSPS) is 11.9. The first-order valence-electron chi connectivity index (χ1n) is 6.61. The van der Waals surface area contributed by atoms with Crippen LogP contribution in [0.3, 0.4) is 0 Å². The molecule has 0 atom stereocenters. The van der Waals surface area contributed by atoms with E-state index in [9.17, 15) is 16.8 Å². The van der Waals surface area contributed by atoms with Gasteiger partial charge in [0, 0.05) is 21.2 Å². The Balaban J connectivity index is 2.06. The van der Waals surface area contributed by atoms with E-state index in [-0.39, 0.29) is 0 Å². The Hall–Kier alpha value is -1.36. The highest BCUT2D eigenvalue weighted by molar-refractivity contribution is 8.76. The van der Waals surface area contributed by atoms with Crippen molar-refractivity contribution in [3.05, 3.63) is 48.5 Å². The maximum absolute atomic E-state index is 11.3. The zero-order valence-corrected chi connectivity index (χ0v) is 16.2. The van der Waals surface area contributed by atoms with Gasteiger partial charge in [-0.1, -0.05) is 33.7 Å². The molecule has 0 spiro atoms. The molecule has 0 aliphatic rings. The van der Waals surface area contributed by atoms with E-state index in [1.165, 1.54) is 21.6 Å². The molecule has 0 saturated carbocycles. The van der Waals surface area contributed by atoms with Crippen LogP contribution in [-0.2, 0) is 20.0 Å². The van der Waals surface area contributed by atoms with E-state index in [1.54, 1.807) is 36.4 Å². The second-order valence-electron chi connectivity index (χ2n) is 4.97. The average molecular weight is 405 g/mol. The summed E-state index contributed by atoms with van der Waals surface area (Å²) in [4.78, 5) is 1.74. The fourth-order valence-electron chi connectivity index (χ4n) is 1.75. The predicted octanol–water partition coefficient (Wildman–Crippen LogP) is 3.23. The lowest BCUT2D eigenvalue weighted by molar-refractivity contribution is 0.605. The standard InChI is InChI=1S/C14H16N2O4S4/c1-23(17,18)15-11-5-3-7-13(9-11)21-22-14-8-4-6-12(10-14)16-24(2,19)20/h3-10,15-16H,1-2H3. The molecule has 0 bridgehead atoms. The van der Waals surface area contributed by atoms with Crippen LogP contribution in [0.25, 0.3) is 0 Å². The zero-order chi connectivity index (χ0) is 17.8. The van der Waals surface area contributed by atoms with Gasteiger partial charge in [0.15, 0.2) is 0 Å². The quantitative estimate of drug-likeness (QED) is 0.689. The van der Waals surface area contributed by atoms with Crippen molar-refractivity contribution in [2.24, 2.45) is 0 Å². The number of nitrogens with one attached hydrogen (secondary N) is 2. The highest BCUT2D eigenvalue weighted by Gasteiger charge is 2.05. The second kappa shape index (κ2) is 7.68. The summed E-state index contributed by atoms with van der Waals surface area (Å²) in [7, 11) is -3.74. The van der Waals surface area contributed by atoms with Crippen molar-refractivity contribution in [3.63, 3.8) is 0 Å². The minimum atomic E-state index is -3.32. The molecule has 24 heavy (non-hydrogen) atoms. The van der Waals surface area contributed by atoms with Gasteiger partial charge in [0.05, 0.1) is 12.5 Å². The smallest absolute Gasteiger partial charge is 0.229 e. The molecule has 0 radical (unpaired) electrons. The van der Waals surface area contributed by atoms with Crippen LogP contribution in [-0.4, -0.2) is 29.3 Å². The molecule has 2 aromatic carbocycles. The third-order valence-electron chi connectivity index (χ3n) is 2.51. The first kappa shape index (κ1) is 19.0. The van der Waals surface area contributed by atoms with Gasteiger partial charge in [-0.2, -0.15) is 0 Å². The summed E-state index contributed by atoms with van der Waals surface area (Å²) >= 11 is 0. The number of benzene rings is 2. The summed E-state index contributed by atoms with van der Waals surface area (Å²) in [5.74, 6) is 0. The fraction of sp³-hybridized carbons (Fsp3) is 0.143. The van der Waals surface area contributed by atoms with E-state index in [1.807, 2.05) is 12.1 Å². The Kier molecular flexibility index (Phi) is 6.07. The van der Waals surface area contributed by atoms with E-state index in [0.717, 1.165) is 22.3 Å². The topological polar surface area (TPSA) is 92.3 Å². The number of sulfonamides is 2. The van der Waals surface area contributed by atoms with Crippen LogP contribution < -0.4 is 9.44 Å². The SMILES string of the molecule is CS(=O)(=O)Nc1cccc(SSc2cccc(NS(C)(=O)=O)c2)c1. The van der Waals surface area contributed by atoms with Gasteiger partial charge in [0.1, 0.15) is 0 Å². The number of hydrogen-bond donors (Lipinski definition) is 2. The third kappa shape index (κ3) is 7.04. The molecule has 2 rings (SSSR count). The zero-order valence-electron chi connectivity index (χ0n) is 12.9. The molecular formula is C14H16N2O4S4. The molecule has 2 N–H and O–H groups in total. The van der Waals surface area contributed by atoms with Gasteiger partial charge in [-0.05, 0) is 36.4 Å². The summed E-state index contributed by atoms with van der Waals surface area (Å²) < 4.78 is 49.9. The summed E-state index contributed by atoms with van der Waals surface area (Å²) in [6, 6.07) is 14.1. The van der Waals surface area contributed by atoms with Gasteiger partial charge in [-0.15, -0.1) is 0 Å². The minimum Gasteiger partial charge on any atom is -0.284 e. The minimum absolute atomic E-state index is 0.496. The largest absolute Gasteiger partial charge is 0.284 e. The first-order valence-corrected chi connectivity index (χ1v) is 12.5. The van der Waals surface area contributed by atoms with Crippen molar-refractivity contribution in [1.82, 2.24) is 0 Å². The van der Waals surface area contributed by atoms with E-state index < -0.39 is 20.0 Å². The van der Waals surface area contributed by atoms with Crippen molar-refractivity contribution >= 4 is 53.0 Å². The molecule has 0 fully saturated rings. The van der Waals surface area contributed by atoms with Crippen LogP contribution in [0.4, 0.5) is 11.4 Å². The number of rotatable bonds is 7. The monoisotopic (exact) mass is 404 g/mol. The first-order chi connectivity index (χ1) is 11.1. The van der Waals surface area contributed by atoms with Crippen molar-refractivity contribution in [1.29, 1.82) is 0 Å². The Labute approximate surface area is 149 Å². The van der Waals surface area contributed by atoms with E-state index in [0.29, 0.717) is 11.4 Å². The van der Waals surface area contributed by atoms with Crippen LogP contribution in [0.5, 0.6) is 0 Å². The molecule has 0 amide bonds. The summed E-state index contributed by atoms with van der Waals surface area (Å²) in [5.41, 5.74) is 0.992. The molecule has 0 aliphatic carbocycles. The maximum Gasteiger partial charge on any atom is 0.229 e. The van der Waals surface area contributed by atoms with Crippen LogP contribution in [0.15, 0.2) is 58.3 Å². The van der Waals surface area contributed by atoms with E-state index >= 15 is 0 Å². The van der Waals surface area contributed by atoms with E-state index in [2.05, 4.69) is 9.44 Å². The molecule has 130 valence electrons. The molecule has 0 aromatic heterocycles. The van der Waals surface area contributed by atoms with Crippen LogP contribution in [0.1, 0.15) is 0 Å². The fourth-order valence-corrected chi connectivity index (χ4v) is 4.87. The number of hydrogen-bond acceptors (Lipinski definition) is 6. The summed E-state index contributed by atoms with van der Waals surface area (Å²) in [6.45, 7) is 0. The van der Waals surface area contributed by atoms with Gasteiger partial charge in [0.25, 0.3) is 0 Å². The Morgan fingerprint density at radius 1 is 0.708 bits per heavy atom. The Morgan fingerprint density at radius 2 is 1.08 bits per heavy atom. The molecule has 10 heteroatoms. The van der Waals surface area contributed by atoms with Crippen molar-refractivity contribution < 1.29 is 16.8 Å². The van der Waals surface area contributed by atoms with Crippen LogP contribution in [0.2, 0.25) is 0 Å². The second-order valence-corrected chi connectivity index (χ2v) is 10.7. The molecule has 6 nitrogen and oxygen atoms in total. The van der Waals surface area contributed by atoms with Crippen molar-refractivity contribution in [2.75, 3.05) is 22.0 Å². The highest BCUT2D eigenvalue weighted by Crippen LogP contribution is 2.39. The third-order valence-corrected chi connectivity index (χ3v) is 6.10. The highest BCUT2D eigenvalue weighted by atomic mass is 33.1. The lowest BCUT2D eigenvalue weighted by Gasteiger charge is -2.08. The Bertz CT molecular complexity index is 850. The van der Waals surface area contributed by atoms with Crippen molar-refractivity contribution in [3.8, 4) is 0 Å². The van der Waals surface area contributed by atoms with Crippen LogP contribution in [0, 0.1) is 0 Å². The van der Waals surface area contributed by atoms with Gasteiger partial charge < -0.3 is 0 Å². The average Bonchev–Trinajstić information content (AvgIpc) is 2.42. The predicted molar refractivity (Wildman–Crippen MR) is 102 cm³/mol. The lowest BCUT2D eigenvalue weighted by Crippen LogP contribution is -2.09. The van der Waals surface area contributed by atoms with Crippen LogP contribution >= 0.6 is 21.6 Å². The van der Waals surface area contributed by atoms with E-state index in [4.69, 9.17) is 0 Å². The summed E-state index contributed by atoms with van der Waals surface area (Å²) in [5, 5.41) is 0. The summed E-state index contributed by atoms with van der Waals surface area (Å²) in [6.07, 6.45) is 2.20. The van der Waals surface area contributed by atoms with Gasteiger partial charge in [-0.25, -0.2) is 16.8 Å². The van der Waals surface area contributed by atoms with Gasteiger partial charge in [-0.3, -0.25) is 9.44 Å². The molecule has 0 unspecified atom stereocenters. The molecule has 0 aliphatic heterocycles. The lowest BCUT2D eigenvalue weighted by atomic mass is 10.3. The molecule has 0 heterocycles. The van der Waals surface area contributed by atoms with Crippen molar-refractivity contribution in [2.45, 2.75) is 9.79 Å². The van der Waals surface area contributed by atoms with Gasteiger partial charge >= 0.3 is 0 Å².